The maximum absolute atomic E-state index is 13.0. The largest absolute Gasteiger partial charge is 0.342 e. The number of amides is 1. The number of aryl methyl sites for hydroxylation is 1. The van der Waals surface area contributed by atoms with Crippen LogP contribution in [-0.4, -0.2) is 29.9 Å². The van der Waals surface area contributed by atoms with E-state index < -0.39 is 5.41 Å². The van der Waals surface area contributed by atoms with E-state index in [2.05, 4.69) is 19.1 Å². The maximum Gasteiger partial charge on any atom is 0.232 e. The minimum Gasteiger partial charge on any atom is -0.342 e. The van der Waals surface area contributed by atoms with Crippen molar-refractivity contribution in [1.82, 2.24) is 4.90 Å². The Morgan fingerprint density at radius 1 is 1.38 bits per heavy atom. The minimum atomic E-state index is -0.481. The van der Waals surface area contributed by atoms with Crippen LogP contribution in [0.2, 0.25) is 0 Å². The highest BCUT2D eigenvalue weighted by atomic mass is 16.2. The smallest absolute Gasteiger partial charge is 0.232 e. The van der Waals surface area contributed by atoms with Gasteiger partial charge in [0.05, 0.1) is 5.41 Å². The number of carbonyl (C=O) groups excluding carboxylic acids is 1. The van der Waals surface area contributed by atoms with Crippen LogP contribution in [-0.2, 0) is 10.2 Å². The molecule has 1 aromatic rings. The van der Waals surface area contributed by atoms with Crippen molar-refractivity contribution in [2.24, 2.45) is 11.7 Å². The molecule has 2 rings (SSSR count). The van der Waals surface area contributed by atoms with Gasteiger partial charge in [-0.3, -0.25) is 4.79 Å². The van der Waals surface area contributed by atoms with Crippen LogP contribution in [0.3, 0.4) is 0 Å². The van der Waals surface area contributed by atoms with Gasteiger partial charge in [-0.05, 0) is 57.6 Å². The van der Waals surface area contributed by atoms with E-state index in [-0.39, 0.29) is 11.9 Å². The van der Waals surface area contributed by atoms with Crippen molar-refractivity contribution < 1.29 is 4.79 Å². The lowest BCUT2D eigenvalue weighted by Crippen LogP contribution is -2.50. The number of nitrogens with zero attached hydrogens (tertiary/aromatic N) is 1. The molecule has 1 saturated heterocycles. The first kappa shape index (κ1) is 16.0. The van der Waals surface area contributed by atoms with Crippen molar-refractivity contribution in [2.75, 3.05) is 13.1 Å². The first-order valence-corrected chi connectivity index (χ1v) is 7.95. The summed E-state index contributed by atoms with van der Waals surface area (Å²) in [6.45, 7) is 9.85. The number of carbonyl (C=O) groups is 1. The molecule has 2 N–H and O–H groups in total. The summed E-state index contributed by atoms with van der Waals surface area (Å²) in [5.74, 6) is 0.650. The van der Waals surface area contributed by atoms with Gasteiger partial charge in [0.25, 0.3) is 0 Å². The lowest BCUT2D eigenvalue weighted by atomic mass is 9.79. The maximum atomic E-state index is 13.0. The van der Waals surface area contributed by atoms with Crippen LogP contribution in [0.15, 0.2) is 24.3 Å². The quantitative estimate of drug-likeness (QED) is 0.929. The van der Waals surface area contributed by atoms with Gasteiger partial charge in [0.15, 0.2) is 0 Å². The molecule has 116 valence electrons. The van der Waals surface area contributed by atoms with E-state index in [4.69, 9.17) is 5.73 Å². The summed E-state index contributed by atoms with van der Waals surface area (Å²) in [7, 11) is 0. The Kier molecular flexibility index (Phi) is 4.72. The molecule has 21 heavy (non-hydrogen) atoms. The van der Waals surface area contributed by atoms with E-state index in [0.717, 1.165) is 31.5 Å². The molecule has 1 fully saturated rings. The third-order valence-corrected chi connectivity index (χ3v) is 4.84. The monoisotopic (exact) mass is 288 g/mol. The van der Waals surface area contributed by atoms with Crippen molar-refractivity contribution in [3.05, 3.63) is 35.4 Å². The fourth-order valence-electron chi connectivity index (χ4n) is 3.41. The number of rotatable bonds is 3. The number of hydrogen-bond donors (Lipinski definition) is 1. The van der Waals surface area contributed by atoms with Crippen molar-refractivity contribution in [2.45, 2.75) is 52.0 Å². The predicted octanol–water partition coefficient (Wildman–Crippen LogP) is 2.86. The predicted molar refractivity (Wildman–Crippen MR) is 87.2 cm³/mol. The lowest BCUT2D eigenvalue weighted by molar-refractivity contribution is -0.138. The summed E-state index contributed by atoms with van der Waals surface area (Å²) in [5, 5.41) is 0. The molecule has 3 nitrogen and oxygen atoms in total. The Morgan fingerprint density at radius 3 is 2.67 bits per heavy atom. The van der Waals surface area contributed by atoms with Crippen LogP contribution in [0, 0.1) is 12.8 Å². The van der Waals surface area contributed by atoms with Crippen LogP contribution in [0.25, 0.3) is 0 Å². The van der Waals surface area contributed by atoms with E-state index in [1.807, 2.05) is 37.8 Å². The molecular formula is C18H28N2O. The summed E-state index contributed by atoms with van der Waals surface area (Å²) >= 11 is 0. The second-order valence-electron chi connectivity index (χ2n) is 6.95. The molecule has 0 bridgehead atoms. The third-order valence-electron chi connectivity index (χ3n) is 4.84. The molecular weight excluding hydrogens is 260 g/mol. The lowest BCUT2D eigenvalue weighted by Gasteiger charge is -2.39. The van der Waals surface area contributed by atoms with Gasteiger partial charge in [0, 0.05) is 19.1 Å². The SMILES string of the molecule is Cc1ccccc1C(C)(C)C(=O)N1CCCC(C(C)N)C1. The van der Waals surface area contributed by atoms with Crippen LogP contribution in [0.1, 0.15) is 44.7 Å². The topological polar surface area (TPSA) is 46.3 Å². The van der Waals surface area contributed by atoms with Gasteiger partial charge in [0.1, 0.15) is 0 Å². The second-order valence-corrected chi connectivity index (χ2v) is 6.95. The molecule has 3 heteroatoms. The van der Waals surface area contributed by atoms with Crippen LogP contribution in [0.4, 0.5) is 0 Å². The molecule has 1 aromatic carbocycles. The molecule has 0 aromatic heterocycles. The molecule has 1 aliphatic heterocycles. The molecule has 2 unspecified atom stereocenters. The number of hydrogen-bond acceptors (Lipinski definition) is 2. The van der Waals surface area contributed by atoms with E-state index in [0.29, 0.717) is 5.92 Å². The van der Waals surface area contributed by atoms with Crippen molar-refractivity contribution >= 4 is 5.91 Å². The van der Waals surface area contributed by atoms with E-state index in [1.54, 1.807) is 0 Å². The van der Waals surface area contributed by atoms with Gasteiger partial charge < -0.3 is 10.6 Å². The van der Waals surface area contributed by atoms with Gasteiger partial charge in [-0.15, -0.1) is 0 Å². The Morgan fingerprint density at radius 2 is 2.05 bits per heavy atom. The van der Waals surface area contributed by atoms with Gasteiger partial charge in [-0.2, -0.15) is 0 Å². The average molecular weight is 288 g/mol. The first-order chi connectivity index (χ1) is 9.84. The summed E-state index contributed by atoms with van der Waals surface area (Å²) in [4.78, 5) is 15.0. The summed E-state index contributed by atoms with van der Waals surface area (Å²) < 4.78 is 0. The van der Waals surface area contributed by atoms with Crippen molar-refractivity contribution in [3.8, 4) is 0 Å². The second kappa shape index (κ2) is 6.18. The Bertz CT molecular complexity index is 508. The fraction of sp³-hybridized carbons (Fsp3) is 0.611. The fourth-order valence-corrected chi connectivity index (χ4v) is 3.41. The number of piperidine rings is 1. The number of benzene rings is 1. The summed E-state index contributed by atoms with van der Waals surface area (Å²) in [6, 6.07) is 8.33. The van der Waals surface area contributed by atoms with E-state index in [1.165, 1.54) is 5.56 Å². The highest BCUT2D eigenvalue weighted by Crippen LogP contribution is 2.30. The summed E-state index contributed by atoms with van der Waals surface area (Å²) in [6.07, 6.45) is 2.19. The van der Waals surface area contributed by atoms with Crippen molar-refractivity contribution in [3.63, 3.8) is 0 Å². The minimum absolute atomic E-state index is 0.155. The molecule has 1 amide bonds. The normalized spacial score (nSPS) is 21.2. The van der Waals surface area contributed by atoms with Gasteiger partial charge in [-0.25, -0.2) is 0 Å². The van der Waals surface area contributed by atoms with E-state index >= 15 is 0 Å². The molecule has 0 spiro atoms. The molecule has 0 aliphatic carbocycles. The Balaban J connectivity index is 2.20. The van der Waals surface area contributed by atoms with Gasteiger partial charge >= 0.3 is 0 Å². The Hall–Kier alpha value is -1.35. The highest BCUT2D eigenvalue weighted by molar-refractivity contribution is 5.87. The molecule has 1 heterocycles. The zero-order chi connectivity index (χ0) is 15.6. The number of likely N-dealkylation sites (tertiary alicyclic amines) is 1. The third kappa shape index (κ3) is 3.29. The molecule has 2 atom stereocenters. The van der Waals surface area contributed by atoms with Crippen molar-refractivity contribution in [1.29, 1.82) is 0 Å². The molecule has 0 saturated carbocycles. The van der Waals surface area contributed by atoms with Gasteiger partial charge in [-0.1, -0.05) is 24.3 Å². The Labute approximate surface area is 128 Å². The van der Waals surface area contributed by atoms with Crippen LogP contribution < -0.4 is 5.73 Å². The van der Waals surface area contributed by atoms with Gasteiger partial charge in [0.2, 0.25) is 5.91 Å². The first-order valence-electron chi connectivity index (χ1n) is 7.95. The standard InChI is InChI=1S/C18H28N2O/c1-13-8-5-6-10-16(13)18(3,4)17(21)20-11-7-9-15(12-20)14(2)19/h5-6,8,10,14-15H,7,9,11-12,19H2,1-4H3. The molecule has 1 aliphatic rings. The van der Waals surface area contributed by atoms with Crippen LogP contribution >= 0.6 is 0 Å². The zero-order valence-corrected chi connectivity index (χ0v) is 13.7. The zero-order valence-electron chi connectivity index (χ0n) is 13.7. The average Bonchev–Trinajstić information content (AvgIpc) is 2.46. The number of nitrogens with two attached hydrogens (primary N) is 1. The van der Waals surface area contributed by atoms with E-state index in [9.17, 15) is 4.79 Å². The highest BCUT2D eigenvalue weighted by Gasteiger charge is 2.37. The molecule has 0 radical (unpaired) electrons. The summed E-state index contributed by atoms with van der Waals surface area (Å²) in [5.41, 5.74) is 7.86. The van der Waals surface area contributed by atoms with Crippen LogP contribution in [0.5, 0.6) is 0 Å².